The lowest BCUT2D eigenvalue weighted by Gasteiger charge is -2.32. The first-order valence-electron chi connectivity index (χ1n) is 7.90. The van der Waals surface area contributed by atoms with Gasteiger partial charge in [0.25, 0.3) is 5.91 Å². The summed E-state index contributed by atoms with van der Waals surface area (Å²) >= 11 is 0. The number of carbonyl (C=O) groups excluding carboxylic acids is 1. The third-order valence-electron chi connectivity index (χ3n) is 4.08. The van der Waals surface area contributed by atoms with Gasteiger partial charge in [0.2, 0.25) is 5.95 Å². The fraction of sp³-hybridized carbons (Fsp3) is 0.438. The molecule has 0 atom stereocenters. The summed E-state index contributed by atoms with van der Waals surface area (Å²) in [5, 5.41) is 2.84. The average molecular weight is 327 g/mol. The van der Waals surface area contributed by atoms with Crippen molar-refractivity contribution in [1.82, 2.24) is 24.8 Å². The summed E-state index contributed by atoms with van der Waals surface area (Å²) in [6.07, 6.45) is 4.45. The summed E-state index contributed by atoms with van der Waals surface area (Å²) < 4.78 is 0. The van der Waals surface area contributed by atoms with Gasteiger partial charge in [-0.2, -0.15) is 0 Å². The number of nitrogens with one attached hydrogen (secondary N) is 1. The zero-order valence-corrected chi connectivity index (χ0v) is 14.2. The van der Waals surface area contributed by atoms with Crippen LogP contribution in [0, 0.1) is 13.8 Å². The zero-order chi connectivity index (χ0) is 17.1. The van der Waals surface area contributed by atoms with Gasteiger partial charge in [-0.15, -0.1) is 0 Å². The summed E-state index contributed by atoms with van der Waals surface area (Å²) in [4.78, 5) is 33.8. The van der Waals surface area contributed by atoms with Crippen molar-refractivity contribution in [2.75, 3.05) is 43.4 Å². The first-order chi connectivity index (χ1) is 11.5. The SMILES string of the molecule is Cc1nc(N2CCN(C)CC2)nc(C)c1NC(=O)c1cnccn1. The van der Waals surface area contributed by atoms with Crippen LogP contribution in [0.3, 0.4) is 0 Å². The quantitative estimate of drug-likeness (QED) is 0.895. The highest BCUT2D eigenvalue weighted by Crippen LogP contribution is 2.21. The predicted molar refractivity (Wildman–Crippen MR) is 91.2 cm³/mol. The van der Waals surface area contributed by atoms with Crippen molar-refractivity contribution >= 4 is 17.5 Å². The van der Waals surface area contributed by atoms with Crippen LogP contribution in [0.1, 0.15) is 21.9 Å². The van der Waals surface area contributed by atoms with Gasteiger partial charge in [0.05, 0.1) is 23.3 Å². The van der Waals surface area contributed by atoms with E-state index in [4.69, 9.17) is 0 Å². The normalized spacial score (nSPS) is 15.4. The minimum absolute atomic E-state index is 0.263. The van der Waals surface area contributed by atoms with Crippen molar-refractivity contribution in [3.63, 3.8) is 0 Å². The highest BCUT2D eigenvalue weighted by molar-refractivity contribution is 6.03. The van der Waals surface area contributed by atoms with E-state index < -0.39 is 0 Å². The molecule has 3 rings (SSSR count). The number of nitrogens with zero attached hydrogens (tertiary/aromatic N) is 6. The zero-order valence-electron chi connectivity index (χ0n) is 14.2. The van der Waals surface area contributed by atoms with E-state index in [1.165, 1.54) is 18.6 Å². The Bertz CT molecular complexity index is 703. The number of anilines is 2. The average Bonchev–Trinajstić information content (AvgIpc) is 2.59. The van der Waals surface area contributed by atoms with Gasteiger partial charge < -0.3 is 15.1 Å². The standard InChI is InChI=1S/C16H21N7O/c1-11-14(21-15(24)13-10-17-4-5-18-13)12(2)20-16(19-11)23-8-6-22(3)7-9-23/h4-5,10H,6-9H2,1-3H3,(H,21,24). The molecule has 1 saturated heterocycles. The van der Waals surface area contributed by atoms with Gasteiger partial charge in [-0.05, 0) is 20.9 Å². The van der Waals surface area contributed by atoms with Crippen LogP contribution in [0.4, 0.5) is 11.6 Å². The number of aryl methyl sites for hydroxylation is 2. The molecule has 1 fully saturated rings. The molecule has 0 aliphatic carbocycles. The molecule has 0 spiro atoms. The Morgan fingerprint density at radius 1 is 1.08 bits per heavy atom. The Hall–Kier alpha value is -2.61. The van der Waals surface area contributed by atoms with Crippen LogP contribution in [0.5, 0.6) is 0 Å². The van der Waals surface area contributed by atoms with E-state index in [1.54, 1.807) is 0 Å². The van der Waals surface area contributed by atoms with E-state index in [0.29, 0.717) is 5.69 Å². The molecular weight excluding hydrogens is 306 g/mol. The second-order valence-corrected chi connectivity index (χ2v) is 5.90. The lowest BCUT2D eigenvalue weighted by molar-refractivity contribution is 0.102. The summed E-state index contributed by atoms with van der Waals surface area (Å²) in [5.41, 5.74) is 2.38. The van der Waals surface area contributed by atoms with E-state index >= 15 is 0 Å². The number of hydrogen-bond acceptors (Lipinski definition) is 7. The van der Waals surface area contributed by atoms with Crippen LogP contribution in [0.15, 0.2) is 18.6 Å². The molecule has 0 aromatic carbocycles. The maximum Gasteiger partial charge on any atom is 0.275 e. The highest BCUT2D eigenvalue weighted by Gasteiger charge is 2.19. The lowest BCUT2D eigenvalue weighted by Crippen LogP contribution is -2.45. The summed E-state index contributed by atoms with van der Waals surface area (Å²) in [7, 11) is 2.11. The molecule has 2 aromatic rings. The molecular formula is C16H21N7O. The molecule has 0 bridgehead atoms. The fourth-order valence-electron chi connectivity index (χ4n) is 2.62. The first-order valence-corrected chi connectivity index (χ1v) is 7.90. The lowest BCUT2D eigenvalue weighted by atomic mass is 10.2. The predicted octanol–water partition coefficient (Wildman–Crippen LogP) is 0.888. The van der Waals surface area contributed by atoms with E-state index in [9.17, 15) is 4.79 Å². The van der Waals surface area contributed by atoms with Crippen molar-refractivity contribution in [3.8, 4) is 0 Å². The molecule has 1 amide bonds. The number of carbonyl (C=O) groups is 1. The van der Waals surface area contributed by atoms with Crippen LogP contribution in [0.25, 0.3) is 0 Å². The van der Waals surface area contributed by atoms with Crippen molar-refractivity contribution < 1.29 is 4.79 Å². The van der Waals surface area contributed by atoms with Crippen molar-refractivity contribution in [1.29, 1.82) is 0 Å². The summed E-state index contributed by atoms with van der Waals surface area (Å²) in [6.45, 7) is 7.54. The monoisotopic (exact) mass is 327 g/mol. The van der Waals surface area contributed by atoms with Crippen LogP contribution in [-0.2, 0) is 0 Å². The third kappa shape index (κ3) is 3.48. The Kier molecular flexibility index (Phi) is 4.66. The molecule has 8 nitrogen and oxygen atoms in total. The number of rotatable bonds is 3. The molecule has 24 heavy (non-hydrogen) atoms. The Morgan fingerprint density at radius 3 is 2.33 bits per heavy atom. The van der Waals surface area contributed by atoms with Gasteiger partial charge in [-0.25, -0.2) is 15.0 Å². The van der Waals surface area contributed by atoms with Crippen molar-refractivity contribution in [2.45, 2.75) is 13.8 Å². The minimum Gasteiger partial charge on any atom is -0.338 e. The van der Waals surface area contributed by atoms with Gasteiger partial charge in [0.1, 0.15) is 5.69 Å². The van der Waals surface area contributed by atoms with Crippen LogP contribution in [-0.4, -0.2) is 64.0 Å². The number of hydrogen-bond donors (Lipinski definition) is 1. The maximum atomic E-state index is 12.3. The molecule has 0 radical (unpaired) electrons. The second-order valence-electron chi connectivity index (χ2n) is 5.90. The van der Waals surface area contributed by atoms with Gasteiger partial charge in [-0.3, -0.25) is 9.78 Å². The fourth-order valence-corrected chi connectivity index (χ4v) is 2.62. The molecule has 126 valence electrons. The second kappa shape index (κ2) is 6.88. The molecule has 2 aromatic heterocycles. The number of aromatic nitrogens is 4. The van der Waals surface area contributed by atoms with E-state index in [-0.39, 0.29) is 11.6 Å². The number of piperazine rings is 1. The Labute approximate surface area is 141 Å². The molecule has 1 N–H and O–H groups in total. The molecule has 1 aliphatic heterocycles. The maximum absolute atomic E-state index is 12.3. The van der Waals surface area contributed by atoms with Crippen LogP contribution < -0.4 is 10.2 Å². The van der Waals surface area contributed by atoms with E-state index in [0.717, 1.165) is 43.5 Å². The molecule has 0 saturated carbocycles. The van der Waals surface area contributed by atoms with Gasteiger partial charge in [0.15, 0.2) is 0 Å². The smallest absolute Gasteiger partial charge is 0.275 e. The summed E-state index contributed by atoms with van der Waals surface area (Å²) in [5.74, 6) is 0.404. The van der Waals surface area contributed by atoms with Crippen molar-refractivity contribution in [3.05, 3.63) is 35.7 Å². The highest BCUT2D eigenvalue weighted by atomic mass is 16.1. The topological polar surface area (TPSA) is 87.1 Å². The molecule has 0 unspecified atom stereocenters. The van der Waals surface area contributed by atoms with Crippen molar-refractivity contribution in [2.24, 2.45) is 0 Å². The molecule has 3 heterocycles. The number of amides is 1. The van der Waals surface area contributed by atoms with Crippen LogP contribution in [0.2, 0.25) is 0 Å². The summed E-state index contributed by atoms with van der Waals surface area (Å²) in [6, 6.07) is 0. The minimum atomic E-state index is -0.315. The Morgan fingerprint density at radius 2 is 1.75 bits per heavy atom. The number of likely N-dealkylation sites (N-methyl/N-ethyl adjacent to an activating group) is 1. The van der Waals surface area contributed by atoms with Gasteiger partial charge in [-0.1, -0.05) is 0 Å². The molecule has 8 heteroatoms. The third-order valence-corrected chi connectivity index (χ3v) is 4.08. The first kappa shape index (κ1) is 16.3. The largest absolute Gasteiger partial charge is 0.338 e. The van der Waals surface area contributed by atoms with Gasteiger partial charge in [0, 0.05) is 38.6 Å². The van der Waals surface area contributed by atoms with Crippen LogP contribution >= 0.6 is 0 Å². The van der Waals surface area contributed by atoms with E-state index in [1.807, 2.05) is 13.8 Å². The van der Waals surface area contributed by atoms with E-state index in [2.05, 4.69) is 42.1 Å². The Balaban J connectivity index is 1.79. The van der Waals surface area contributed by atoms with Gasteiger partial charge >= 0.3 is 0 Å². The molecule has 1 aliphatic rings.